The van der Waals surface area contributed by atoms with Crippen molar-refractivity contribution in [1.82, 2.24) is 4.90 Å². The Morgan fingerprint density at radius 3 is 2.26 bits per heavy atom. The van der Waals surface area contributed by atoms with Gasteiger partial charge in [0.05, 0.1) is 12.7 Å². The van der Waals surface area contributed by atoms with Gasteiger partial charge in [0.2, 0.25) is 0 Å². The molecule has 6 nitrogen and oxygen atoms in total. The second kappa shape index (κ2) is 7.97. The molecule has 0 aliphatic rings. The van der Waals surface area contributed by atoms with E-state index in [0.29, 0.717) is 0 Å². The molecule has 1 rings (SSSR count). The van der Waals surface area contributed by atoms with Gasteiger partial charge in [-0.2, -0.15) is 0 Å². The number of nitrogens with zero attached hydrogens (tertiary/aromatic N) is 1. The third-order valence-corrected chi connectivity index (χ3v) is 3.15. The van der Waals surface area contributed by atoms with E-state index >= 15 is 0 Å². The molecule has 0 heterocycles. The lowest BCUT2D eigenvalue weighted by atomic mass is 10.1. The van der Waals surface area contributed by atoms with E-state index in [0.717, 1.165) is 10.5 Å². The first-order chi connectivity index (χ1) is 10.6. The maximum Gasteiger partial charge on any atom is 0.410 e. The molecule has 1 amide bonds. The summed E-state index contributed by atoms with van der Waals surface area (Å²) < 4.78 is 10.8. The molecule has 1 unspecified atom stereocenters. The summed E-state index contributed by atoms with van der Waals surface area (Å²) in [4.78, 5) is 24.7. The lowest BCUT2D eigenvalue weighted by Crippen LogP contribution is -2.50. The zero-order valence-corrected chi connectivity index (χ0v) is 14.3. The van der Waals surface area contributed by atoms with Crippen LogP contribution in [-0.2, 0) is 20.9 Å². The topological polar surface area (TPSA) is 76.1 Å². The number of hydrogen-bond acceptors (Lipinski definition) is 4. The number of carbonyl (C=O) groups is 2. The van der Waals surface area contributed by atoms with E-state index in [2.05, 4.69) is 0 Å². The van der Waals surface area contributed by atoms with Gasteiger partial charge < -0.3 is 14.6 Å². The van der Waals surface area contributed by atoms with Crippen molar-refractivity contribution < 1.29 is 24.2 Å². The number of rotatable bonds is 6. The summed E-state index contributed by atoms with van der Waals surface area (Å²) >= 11 is 0. The molecule has 0 radical (unpaired) electrons. The fraction of sp³-hybridized carbons (Fsp3) is 0.529. The highest BCUT2D eigenvalue weighted by molar-refractivity contribution is 5.80. The molecule has 0 bridgehead atoms. The molecule has 0 fully saturated rings. The van der Waals surface area contributed by atoms with Gasteiger partial charge in [-0.3, -0.25) is 4.90 Å². The molecule has 0 saturated heterocycles. The summed E-state index contributed by atoms with van der Waals surface area (Å²) in [7, 11) is 1.40. The Labute approximate surface area is 137 Å². The summed E-state index contributed by atoms with van der Waals surface area (Å²) in [6.45, 7) is 7.08. The van der Waals surface area contributed by atoms with Gasteiger partial charge in [0.15, 0.2) is 6.04 Å². The molecule has 1 N–H and O–H groups in total. The van der Waals surface area contributed by atoms with E-state index in [1.54, 1.807) is 27.7 Å². The molecule has 0 spiro atoms. The average molecular weight is 323 g/mol. The lowest BCUT2D eigenvalue weighted by Gasteiger charge is -2.31. The fourth-order valence-corrected chi connectivity index (χ4v) is 2.02. The number of benzene rings is 1. The summed E-state index contributed by atoms with van der Waals surface area (Å²) in [5.74, 6) is -1.14. The zero-order chi connectivity index (χ0) is 17.6. The van der Waals surface area contributed by atoms with Crippen LogP contribution in [0.1, 0.15) is 33.3 Å². The largest absolute Gasteiger partial charge is 0.480 e. The molecule has 0 aliphatic carbocycles. The van der Waals surface area contributed by atoms with Crippen LogP contribution >= 0.6 is 0 Å². The minimum atomic E-state index is -1.14. The predicted molar refractivity (Wildman–Crippen MR) is 86.1 cm³/mol. The first-order valence-corrected chi connectivity index (χ1v) is 7.46. The minimum absolute atomic E-state index is 0.272. The summed E-state index contributed by atoms with van der Waals surface area (Å²) in [6, 6.07) is 8.30. The Morgan fingerprint density at radius 1 is 1.22 bits per heavy atom. The van der Waals surface area contributed by atoms with Crippen molar-refractivity contribution in [1.29, 1.82) is 0 Å². The van der Waals surface area contributed by atoms with Crippen LogP contribution < -0.4 is 0 Å². The van der Waals surface area contributed by atoms with Crippen molar-refractivity contribution in [2.75, 3.05) is 7.05 Å². The number of hydrogen-bond donors (Lipinski definition) is 1. The van der Waals surface area contributed by atoms with Crippen LogP contribution in [0.3, 0.4) is 0 Å². The molecular weight excluding hydrogens is 298 g/mol. The Hall–Kier alpha value is -2.08. The summed E-state index contributed by atoms with van der Waals surface area (Å²) in [5, 5.41) is 9.43. The molecule has 6 heteroatoms. The van der Waals surface area contributed by atoms with Gasteiger partial charge in [0.1, 0.15) is 5.60 Å². The molecular formula is C17H25NO5. The second-order valence-electron chi connectivity index (χ2n) is 6.38. The van der Waals surface area contributed by atoms with Gasteiger partial charge in [0, 0.05) is 7.05 Å². The van der Waals surface area contributed by atoms with Crippen molar-refractivity contribution in [2.45, 2.75) is 52.0 Å². The predicted octanol–water partition coefficient (Wildman–Crippen LogP) is 2.91. The van der Waals surface area contributed by atoms with Gasteiger partial charge in [-0.1, -0.05) is 30.3 Å². The van der Waals surface area contributed by atoms with Crippen LogP contribution in [0.25, 0.3) is 0 Å². The lowest BCUT2D eigenvalue weighted by molar-refractivity contribution is -0.148. The highest BCUT2D eigenvalue weighted by Gasteiger charge is 2.34. The first-order valence-electron chi connectivity index (χ1n) is 7.46. The highest BCUT2D eigenvalue weighted by atomic mass is 16.6. The van der Waals surface area contributed by atoms with Crippen molar-refractivity contribution in [3.8, 4) is 0 Å². The maximum atomic E-state index is 12.1. The van der Waals surface area contributed by atoms with Gasteiger partial charge in [-0.05, 0) is 33.3 Å². The van der Waals surface area contributed by atoms with E-state index in [-0.39, 0.29) is 6.61 Å². The highest BCUT2D eigenvalue weighted by Crippen LogP contribution is 2.15. The molecule has 23 heavy (non-hydrogen) atoms. The Balaban J connectivity index is 2.72. The second-order valence-corrected chi connectivity index (χ2v) is 6.38. The Morgan fingerprint density at radius 2 is 1.78 bits per heavy atom. The van der Waals surface area contributed by atoms with Crippen molar-refractivity contribution in [3.63, 3.8) is 0 Å². The van der Waals surface area contributed by atoms with Crippen molar-refractivity contribution >= 4 is 12.1 Å². The van der Waals surface area contributed by atoms with Gasteiger partial charge >= 0.3 is 12.1 Å². The molecule has 0 saturated carbocycles. The van der Waals surface area contributed by atoms with Crippen LogP contribution in [-0.4, -0.2) is 46.9 Å². The number of likely N-dealkylation sites (N-methyl/N-ethyl adjacent to an activating group) is 1. The van der Waals surface area contributed by atoms with Crippen LogP contribution in [0.5, 0.6) is 0 Å². The number of carbonyl (C=O) groups excluding carboxylic acids is 1. The van der Waals surface area contributed by atoms with Crippen LogP contribution in [0.2, 0.25) is 0 Å². The Kier molecular flexibility index (Phi) is 6.57. The number of ether oxygens (including phenoxy) is 2. The maximum absolute atomic E-state index is 12.1. The van der Waals surface area contributed by atoms with Gasteiger partial charge in [-0.15, -0.1) is 0 Å². The van der Waals surface area contributed by atoms with E-state index in [4.69, 9.17) is 9.47 Å². The standard InChI is InChI=1S/C17H25NO5/c1-12(22-11-13-9-7-6-8-10-13)14(15(19)20)18(5)16(21)23-17(2,3)4/h6-10,12,14H,11H2,1-5H3,(H,19,20)/t12-,14?/m1/s1. The monoisotopic (exact) mass is 323 g/mol. The van der Waals surface area contributed by atoms with Crippen LogP contribution in [0.15, 0.2) is 30.3 Å². The number of carboxylic acids is 1. The molecule has 0 aliphatic heterocycles. The Bertz CT molecular complexity index is 524. The first kappa shape index (κ1) is 19.0. The van der Waals surface area contributed by atoms with E-state index in [9.17, 15) is 14.7 Å². The average Bonchev–Trinajstić information content (AvgIpc) is 2.44. The third-order valence-electron chi connectivity index (χ3n) is 3.15. The van der Waals surface area contributed by atoms with E-state index in [1.807, 2.05) is 30.3 Å². The smallest absolute Gasteiger partial charge is 0.410 e. The van der Waals surface area contributed by atoms with Gasteiger partial charge in [0.25, 0.3) is 0 Å². The summed E-state index contributed by atoms with van der Waals surface area (Å²) in [6.07, 6.45) is -1.38. The number of amides is 1. The normalized spacial score (nSPS) is 14.0. The SMILES string of the molecule is C[C@@H](OCc1ccccc1)C(C(=O)O)N(C)C(=O)OC(C)(C)C. The molecule has 0 aromatic heterocycles. The van der Waals surface area contributed by atoms with Crippen molar-refractivity contribution in [3.05, 3.63) is 35.9 Å². The number of carboxylic acid groups (broad SMARTS) is 1. The third kappa shape index (κ3) is 6.28. The number of aliphatic carboxylic acids is 1. The fourth-order valence-electron chi connectivity index (χ4n) is 2.02. The van der Waals surface area contributed by atoms with Crippen molar-refractivity contribution in [2.24, 2.45) is 0 Å². The molecule has 2 atom stereocenters. The van der Waals surface area contributed by atoms with E-state index in [1.165, 1.54) is 7.05 Å². The molecule has 128 valence electrons. The van der Waals surface area contributed by atoms with Crippen LogP contribution in [0, 0.1) is 0 Å². The zero-order valence-electron chi connectivity index (χ0n) is 14.3. The van der Waals surface area contributed by atoms with Crippen LogP contribution in [0.4, 0.5) is 4.79 Å². The van der Waals surface area contributed by atoms with Gasteiger partial charge in [-0.25, -0.2) is 9.59 Å². The minimum Gasteiger partial charge on any atom is -0.480 e. The summed E-state index contributed by atoms with van der Waals surface area (Å²) in [5.41, 5.74) is 0.242. The molecule has 1 aromatic rings. The quantitative estimate of drug-likeness (QED) is 0.871. The molecule has 1 aromatic carbocycles. The van der Waals surface area contributed by atoms with E-state index < -0.39 is 29.8 Å².